The van der Waals surface area contributed by atoms with E-state index in [0.717, 1.165) is 32.4 Å². The molecule has 2 heterocycles. The summed E-state index contributed by atoms with van der Waals surface area (Å²) in [5.74, 6) is 0.424. The van der Waals surface area contributed by atoms with Crippen LogP contribution < -0.4 is 0 Å². The van der Waals surface area contributed by atoms with E-state index in [2.05, 4.69) is 29.2 Å². The van der Waals surface area contributed by atoms with Gasteiger partial charge >= 0.3 is 0 Å². The molecular formula is C13H15NO. The lowest BCUT2D eigenvalue weighted by Gasteiger charge is -2.39. The van der Waals surface area contributed by atoms with Crippen molar-refractivity contribution in [3.05, 3.63) is 35.4 Å². The summed E-state index contributed by atoms with van der Waals surface area (Å²) in [4.78, 5) is 14.0. The molecule has 0 aromatic heterocycles. The van der Waals surface area contributed by atoms with Crippen LogP contribution in [0.4, 0.5) is 0 Å². The third-order valence-corrected chi connectivity index (χ3v) is 3.62. The number of benzene rings is 1. The highest BCUT2D eigenvalue weighted by Crippen LogP contribution is 2.34. The van der Waals surface area contributed by atoms with Gasteiger partial charge in [-0.3, -0.25) is 9.69 Å². The van der Waals surface area contributed by atoms with Crippen LogP contribution in [0.15, 0.2) is 24.3 Å². The normalized spacial score (nSPS) is 25.9. The predicted molar refractivity (Wildman–Crippen MR) is 58.7 cm³/mol. The van der Waals surface area contributed by atoms with Crippen LogP contribution in [0, 0.1) is 0 Å². The van der Waals surface area contributed by atoms with Gasteiger partial charge in [0.15, 0.2) is 0 Å². The average molecular weight is 201 g/mol. The molecule has 0 N–H and O–H groups in total. The molecule has 15 heavy (non-hydrogen) atoms. The SMILES string of the molecule is O=C1CCN2CCc3ccccc3[C@H]2C1. The molecule has 0 spiro atoms. The van der Waals surface area contributed by atoms with E-state index in [1.807, 2.05) is 0 Å². The summed E-state index contributed by atoms with van der Waals surface area (Å²) in [7, 11) is 0. The van der Waals surface area contributed by atoms with Crippen molar-refractivity contribution in [2.24, 2.45) is 0 Å². The van der Waals surface area contributed by atoms with E-state index in [1.54, 1.807) is 0 Å². The molecule has 2 aliphatic heterocycles. The van der Waals surface area contributed by atoms with Crippen molar-refractivity contribution in [3.63, 3.8) is 0 Å². The Morgan fingerprint density at radius 3 is 2.87 bits per heavy atom. The Kier molecular flexibility index (Phi) is 2.10. The molecule has 1 saturated heterocycles. The summed E-state index contributed by atoms with van der Waals surface area (Å²) in [5, 5.41) is 0. The monoisotopic (exact) mass is 201 g/mol. The van der Waals surface area contributed by atoms with Gasteiger partial charge in [0, 0.05) is 32.0 Å². The van der Waals surface area contributed by atoms with Gasteiger partial charge in [-0.25, -0.2) is 0 Å². The van der Waals surface area contributed by atoms with E-state index < -0.39 is 0 Å². The Balaban J connectivity index is 2.00. The van der Waals surface area contributed by atoms with Gasteiger partial charge in [0.1, 0.15) is 5.78 Å². The molecule has 3 rings (SSSR count). The van der Waals surface area contributed by atoms with E-state index in [4.69, 9.17) is 0 Å². The van der Waals surface area contributed by atoms with Crippen LogP contribution in [-0.2, 0) is 11.2 Å². The first kappa shape index (κ1) is 9.10. The third-order valence-electron chi connectivity index (χ3n) is 3.62. The van der Waals surface area contributed by atoms with Gasteiger partial charge in [-0.1, -0.05) is 24.3 Å². The number of carbonyl (C=O) groups is 1. The first-order chi connectivity index (χ1) is 7.34. The predicted octanol–water partition coefficient (Wildman–Crippen LogP) is 1.95. The van der Waals surface area contributed by atoms with E-state index in [9.17, 15) is 4.79 Å². The maximum absolute atomic E-state index is 11.5. The number of carbonyl (C=O) groups excluding carboxylic acids is 1. The third kappa shape index (κ3) is 1.49. The highest BCUT2D eigenvalue weighted by atomic mass is 16.1. The van der Waals surface area contributed by atoms with E-state index in [0.29, 0.717) is 11.8 Å². The zero-order chi connectivity index (χ0) is 10.3. The summed E-state index contributed by atoms with van der Waals surface area (Å²) in [5.41, 5.74) is 2.82. The molecule has 0 unspecified atom stereocenters. The minimum Gasteiger partial charge on any atom is -0.300 e. The van der Waals surface area contributed by atoms with E-state index in [1.165, 1.54) is 11.1 Å². The van der Waals surface area contributed by atoms with Gasteiger partial charge in [0.2, 0.25) is 0 Å². The van der Waals surface area contributed by atoms with Crippen LogP contribution in [0.5, 0.6) is 0 Å². The van der Waals surface area contributed by atoms with E-state index in [-0.39, 0.29) is 0 Å². The lowest BCUT2D eigenvalue weighted by Crippen LogP contribution is -2.41. The highest BCUT2D eigenvalue weighted by Gasteiger charge is 2.31. The molecule has 1 atom stereocenters. The van der Waals surface area contributed by atoms with Crippen molar-refractivity contribution in [1.29, 1.82) is 0 Å². The maximum atomic E-state index is 11.5. The van der Waals surface area contributed by atoms with Crippen LogP contribution in [-0.4, -0.2) is 23.8 Å². The fraction of sp³-hybridized carbons (Fsp3) is 0.462. The number of nitrogens with zero attached hydrogens (tertiary/aromatic N) is 1. The molecule has 1 aromatic rings. The number of hydrogen-bond donors (Lipinski definition) is 0. The molecule has 1 fully saturated rings. The summed E-state index contributed by atoms with van der Waals surface area (Å²) < 4.78 is 0. The van der Waals surface area contributed by atoms with Crippen LogP contribution in [0.25, 0.3) is 0 Å². The molecule has 78 valence electrons. The summed E-state index contributed by atoms with van der Waals surface area (Å²) in [6.45, 7) is 2.08. The Morgan fingerprint density at radius 2 is 1.93 bits per heavy atom. The van der Waals surface area contributed by atoms with Crippen molar-refractivity contribution < 1.29 is 4.79 Å². The number of Topliss-reactive ketones (excluding diaryl/α,β-unsaturated/α-hetero) is 1. The van der Waals surface area contributed by atoms with Gasteiger partial charge in [-0.2, -0.15) is 0 Å². The maximum Gasteiger partial charge on any atom is 0.136 e. The van der Waals surface area contributed by atoms with Gasteiger partial charge < -0.3 is 0 Å². The van der Waals surface area contributed by atoms with Crippen molar-refractivity contribution in [2.75, 3.05) is 13.1 Å². The fourth-order valence-electron chi connectivity index (χ4n) is 2.80. The van der Waals surface area contributed by atoms with Crippen LogP contribution >= 0.6 is 0 Å². The van der Waals surface area contributed by atoms with Crippen molar-refractivity contribution in [1.82, 2.24) is 4.90 Å². The number of ketones is 1. The van der Waals surface area contributed by atoms with E-state index >= 15 is 0 Å². The topological polar surface area (TPSA) is 20.3 Å². The quantitative estimate of drug-likeness (QED) is 0.639. The molecule has 2 nitrogen and oxygen atoms in total. The van der Waals surface area contributed by atoms with Crippen LogP contribution in [0.2, 0.25) is 0 Å². The Morgan fingerprint density at radius 1 is 1.13 bits per heavy atom. The fourth-order valence-corrected chi connectivity index (χ4v) is 2.80. The first-order valence-corrected chi connectivity index (χ1v) is 5.68. The van der Waals surface area contributed by atoms with Gasteiger partial charge in [-0.05, 0) is 17.5 Å². The largest absolute Gasteiger partial charge is 0.300 e. The lowest BCUT2D eigenvalue weighted by atomic mass is 9.86. The summed E-state index contributed by atoms with van der Waals surface area (Å²) >= 11 is 0. The molecule has 0 amide bonds. The zero-order valence-corrected chi connectivity index (χ0v) is 8.78. The molecule has 2 aliphatic rings. The Hall–Kier alpha value is -1.15. The molecule has 1 aromatic carbocycles. The number of hydrogen-bond acceptors (Lipinski definition) is 2. The second kappa shape index (κ2) is 3.46. The van der Waals surface area contributed by atoms with Gasteiger partial charge in [0.25, 0.3) is 0 Å². The summed E-state index contributed by atoms with van der Waals surface area (Å²) in [6.07, 6.45) is 2.61. The van der Waals surface area contributed by atoms with Crippen LogP contribution in [0.1, 0.15) is 30.0 Å². The lowest BCUT2D eigenvalue weighted by molar-refractivity contribution is -0.123. The number of rotatable bonds is 0. The number of fused-ring (bicyclic) bond motifs is 3. The summed E-state index contributed by atoms with van der Waals surface area (Å²) in [6, 6.07) is 8.94. The molecule has 0 saturated carbocycles. The van der Waals surface area contributed by atoms with Gasteiger partial charge in [0.05, 0.1) is 0 Å². The number of piperidine rings is 1. The minimum absolute atomic E-state index is 0.371. The Labute approximate surface area is 89.9 Å². The van der Waals surface area contributed by atoms with Crippen molar-refractivity contribution >= 4 is 5.78 Å². The second-order valence-electron chi connectivity index (χ2n) is 4.49. The average Bonchev–Trinajstić information content (AvgIpc) is 2.29. The zero-order valence-electron chi connectivity index (χ0n) is 8.78. The standard InChI is InChI=1S/C13H15NO/c15-11-6-8-14-7-5-10-3-1-2-4-12(10)13(14)9-11/h1-4,13H,5-9H2/t13-/m1/s1. The first-order valence-electron chi connectivity index (χ1n) is 5.68. The highest BCUT2D eigenvalue weighted by molar-refractivity contribution is 5.80. The molecule has 2 heteroatoms. The van der Waals surface area contributed by atoms with Crippen molar-refractivity contribution in [3.8, 4) is 0 Å². The molecular weight excluding hydrogens is 186 g/mol. The second-order valence-corrected chi connectivity index (χ2v) is 4.49. The van der Waals surface area contributed by atoms with Crippen LogP contribution in [0.3, 0.4) is 0 Å². The smallest absolute Gasteiger partial charge is 0.136 e. The molecule has 0 radical (unpaired) electrons. The Bertz CT molecular complexity index is 399. The molecule has 0 aliphatic carbocycles. The van der Waals surface area contributed by atoms with Gasteiger partial charge in [-0.15, -0.1) is 0 Å². The minimum atomic E-state index is 0.371. The molecule has 0 bridgehead atoms. The van der Waals surface area contributed by atoms with Crippen molar-refractivity contribution in [2.45, 2.75) is 25.3 Å².